The highest BCUT2D eigenvalue weighted by Crippen LogP contribution is 2.26. The van der Waals surface area contributed by atoms with Gasteiger partial charge in [0, 0.05) is 0 Å². The number of hydrogen-bond acceptors (Lipinski definition) is 4. The standard InChI is InChI=1S/C18H19NO3/c1-2-19-11-6-12-21-15-9-5-10-16-17(15)18(20)13-7-3-4-8-14(13)22-16/h3-5,7-10,19H,2,6,11-12H2,1H3. The van der Waals surface area contributed by atoms with Crippen molar-refractivity contribution in [3.05, 3.63) is 52.7 Å². The second-order valence-corrected chi connectivity index (χ2v) is 5.11. The molecule has 0 bridgehead atoms. The summed E-state index contributed by atoms with van der Waals surface area (Å²) >= 11 is 0. The molecule has 0 aliphatic heterocycles. The molecule has 0 saturated carbocycles. The number of rotatable bonds is 6. The van der Waals surface area contributed by atoms with Crippen molar-refractivity contribution in [1.29, 1.82) is 0 Å². The second-order valence-electron chi connectivity index (χ2n) is 5.11. The van der Waals surface area contributed by atoms with Crippen LogP contribution >= 0.6 is 0 Å². The van der Waals surface area contributed by atoms with Crippen molar-refractivity contribution in [1.82, 2.24) is 5.32 Å². The van der Waals surface area contributed by atoms with Gasteiger partial charge in [-0.2, -0.15) is 0 Å². The molecule has 2 aromatic carbocycles. The van der Waals surface area contributed by atoms with Crippen LogP contribution in [-0.2, 0) is 0 Å². The quantitative estimate of drug-likeness (QED) is 0.560. The molecule has 22 heavy (non-hydrogen) atoms. The molecule has 0 fully saturated rings. The number of nitrogens with one attached hydrogen (secondary N) is 1. The van der Waals surface area contributed by atoms with Gasteiger partial charge in [-0.15, -0.1) is 0 Å². The Morgan fingerprint density at radius 3 is 2.77 bits per heavy atom. The molecule has 0 saturated heterocycles. The predicted molar refractivity (Wildman–Crippen MR) is 88.6 cm³/mol. The van der Waals surface area contributed by atoms with Gasteiger partial charge < -0.3 is 14.5 Å². The number of fused-ring (bicyclic) bond motifs is 2. The minimum Gasteiger partial charge on any atom is -0.493 e. The first kappa shape index (κ1) is 14.6. The Bertz CT molecular complexity index is 838. The van der Waals surface area contributed by atoms with E-state index in [1.54, 1.807) is 18.2 Å². The summed E-state index contributed by atoms with van der Waals surface area (Å²) in [5.74, 6) is 0.591. The zero-order valence-corrected chi connectivity index (χ0v) is 12.6. The van der Waals surface area contributed by atoms with Gasteiger partial charge in [0.2, 0.25) is 5.43 Å². The van der Waals surface area contributed by atoms with Gasteiger partial charge >= 0.3 is 0 Å². The molecule has 1 N–H and O–H groups in total. The molecule has 114 valence electrons. The first-order chi connectivity index (χ1) is 10.8. The fourth-order valence-electron chi connectivity index (χ4n) is 2.49. The van der Waals surface area contributed by atoms with Crippen LogP contribution in [0.5, 0.6) is 5.75 Å². The number of hydrogen-bond donors (Lipinski definition) is 1. The van der Waals surface area contributed by atoms with Gasteiger partial charge in [-0.3, -0.25) is 4.79 Å². The Balaban J connectivity index is 1.97. The first-order valence-electron chi connectivity index (χ1n) is 7.59. The summed E-state index contributed by atoms with van der Waals surface area (Å²) in [5.41, 5.74) is 1.12. The number of benzene rings is 2. The molecule has 0 atom stereocenters. The molecule has 0 amide bonds. The average Bonchev–Trinajstić information content (AvgIpc) is 2.55. The zero-order valence-electron chi connectivity index (χ0n) is 12.6. The van der Waals surface area contributed by atoms with E-state index in [0.29, 0.717) is 34.3 Å². The highest BCUT2D eigenvalue weighted by molar-refractivity contribution is 5.93. The van der Waals surface area contributed by atoms with E-state index in [2.05, 4.69) is 12.2 Å². The number of ether oxygens (including phenoxy) is 1. The molecule has 1 aromatic heterocycles. The van der Waals surface area contributed by atoms with Gasteiger partial charge in [0.25, 0.3) is 0 Å². The van der Waals surface area contributed by atoms with Gasteiger partial charge in [0.15, 0.2) is 0 Å². The third kappa shape index (κ3) is 2.83. The average molecular weight is 297 g/mol. The number of para-hydroxylation sites is 1. The van der Waals surface area contributed by atoms with Crippen molar-refractivity contribution in [3.63, 3.8) is 0 Å². The molecule has 0 unspecified atom stereocenters. The minimum atomic E-state index is -0.0425. The van der Waals surface area contributed by atoms with Gasteiger partial charge in [-0.25, -0.2) is 0 Å². The lowest BCUT2D eigenvalue weighted by molar-refractivity contribution is 0.312. The molecular weight excluding hydrogens is 278 g/mol. The van der Waals surface area contributed by atoms with Crippen molar-refractivity contribution in [2.24, 2.45) is 0 Å². The van der Waals surface area contributed by atoms with Crippen LogP contribution in [0.25, 0.3) is 21.9 Å². The van der Waals surface area contributed by atoms with Gasteiger partial charge in [0.1, 0.15) is 22.3 Å². The van der Waals surface area contributed by atoms with Crippen molar-refractivity contribution in [3.8, 4) is 5.75 Å². The van der Waals surface area contributed by atoms with Crippen LogP contribution in [0.3, 0.4) is 0 Å². The molecule has 0 spiro atoms. The first-order valence-corrected chi connectivity index (χ1v) is 7.59. The van der Waals surface area contributed by atoms with Crippen LogP contribution in [0, 0.1) is 0 Å². The van der Waals surface area contributed by atoms with E-state index in [0.717, 1.165) is 19.5 Å². The van der Waals surface area contributed by atoms with Gasteiger partial charge in [0.05, 0.1) is 12.0 Å². The summed E-state index contributed by atoms with van der Waals surface area (Å²) in [6.45, 7) is 4.49. The lowest BCUT2D eigenvalue weighted by Gasteiger charge is -2.09. The summed E-state index contributed by atoms with van der Waals surface area (Å²) in [6, 6.07) is 12.8. The predicted octanol–water partition coefficient (Wildman–Crippen LogP) is 3.32. The highest BCUT2D eigenvalue weighted by Gasteiger charge is 2.11. The van der Waals surface area contributed by atoms with E-state index in [9.17, 15) is 4.79 Å². The van der Waals surface area contributed by atoms with Crippen LogP contribution in [0.1, 0.15) is 13.3 Å². The van der Waals surface area contributed by atoms with Crippen LogP contribution in [-0.4, -0.2) is 19.7 Å². The van der Waals surface area contributed by atoms with Crippen LogP contribution in [0.2, 0.25) is 0 Å². The highest BCUT2D eigenvalue weighted by atomic mass is 16.5. The molecule has 1 heterocycles. The maximum atomic E-state index is 12.7. The molecule has 3 aromatic rings. The molecule has 4 heteroatoms. The fourth-order valence-corrected chi connectivity index (χ4v) is 2.49. The summed E-state index contributed by atoms with van der Waals surface area (Å²) in [7, 11) is 0. The summed E-state index contributed by atoms with van der Waals surface area (Å²) in [6.07, 6.45) is 0.892. The van der Waals surface area contributed by atoms with E-state index < -0.39 is 0 Å². The van der Waals surface area contributed by atoms with Crippen LogP contribution in [0.4, 0.5) is 0 Å². The van der Waals surface area contributed by atoms with Gasteiger partial charge in [-0.1, -0.05) is 25.1 Å². The summed E-state index contributed by atoms with van der Waals surface area (Å²) in [4.78, 5) is 12.7. The van der Waals surface area contributed by atoms with Crippen molar-refractivity contribution < 1.29 is 9.15 Å². The van der Waals surface area contributed by atoms with E-state index in [-0.39, 0.29) is 5.43 Å². The zero-order chi connectivity index (χ0) is 15.4. The Kier molecular flexibility index (Phi) is 4.39. The molecule has 0 aliphatic rings. The Labute approximate surface area is 128 Å². The Hall–Kier alpha value is -2.33. The SMILES string of the molecule is CCNCCCOc1cccc2oc3ccccc3c(=O)c12. The second kappa shape index (κ2) is 6.62. The lowest BCUT2D eigenvalue weighted by Crippen LogP contribution is -2.16. The maximum absolute atomic E-state index is 12.7. The topological polar surface area (TPSA) is 51.5 Å². The normalized spacial score (nSPS) is 11.1. The fraction of sp³-hybridized carbons (Fsp3) is 0.278. The smallest absolute Gasteiger partial charge is 0.204 e. The van der Waals surface area contributed by atoms with Gasteiger partial charge in [-0.05, 0) is 43.8 Å². The minimum absolute atomic E-state index is 0.0425. The largest absolute Gasteiger partial charge is 0.493 e. The lowest BCUT2D eigenvalue weighted by atomic mass is 10.1. The molecule has 0 aliphatic carbocycles. The molecule has 0 radical (unpaired) electrons. The Morgan fingerprint density at radius 1 is 1.09 bits per heavy atom. The van der Waals surface area contributed by atoms with Crippen molar-refractivity contribution in [2.45, 2.75) is 13.3 Å². The van der Waals surface area contributed by atoms with E-state index in [1.807, 2.05) is 24.3 Å². The summed E-state index contributed by atoms with van der Waals surface area (Å²) in [5, 5.41) is 4.35. The van der Waals surface area contributed by atoms with E-state index in [1.165, 1.54) is 0 Å². The maximum Gasteiger partial charge on any atom is 0.204 e. The molecule has 4 nitrogen and oxygen atoms in total. The van der Waals surface area contributed by atoms with E-state index in [4.69, 9.17) is 9.15 Å². The van der Waals surface area contributed by atoms with Crippen LogP contribution in [0.15, 0.2) is 51.7 Å². The third-order valence-electron chi connectivity index (χ3n) is 3.57. The molecular formula is C18H19NO3. The van der Waals surface area contributed by atoms with Crippen LogP contribution < -0.4 is 15.5 Å². The molecule has 3 rings (SSSR count). The Morgan fingerprint density at radius 2 is 1.91 bits per heavy atom. The monoisotopic (exact) mass is 297 g/mol. The summed E-state index contributed by atoms with van der Waals surface area (Å²) < 4.78 is 11.6. The third-order valence-corrected chi connectivity index (χ3v) is 3.57. The van der Waals surface area contributed by atoms with Crippen molar-refractivity contribution in [2.75, 3.05) is 19.7 Å². The van der Waals surface area contributed by atoms with Crippen molar-refractivity contribution >= 4 is 21.9 Å². The van der Waals surface area contributed by atoms with E-state index >= 15 is 0 Å².